The highest BCUT2D eigenvalue weighted by atomic mass is 32.1. The first kappa shape index (κ1) is 21.2. The number of hydrogen-bond donors (Lipinski definition) is 1. The number of aromatic nitrogens is 2. The Labute approximate surface area is 189 Å². The molecule has 4 rings (SSSR count). The van der Waals surface area contributed by atoms with E-state index in [2.05, 4.69) is 10.2 Å². The van der Waals surface area contributed by atoms with Gasteiger partial charge in [-0.2, -0.15) is 0 Å². The number of ether oxygens (including phenoxy) is 1. The van der Waals surface area contributed by atoms with Crippen LogP contribution in [-0.4, -0.2) is 21.4 Å². The molecule has 1 heterocycles. The predicted molar refractivity (Wildman–Crippen MR) is 126 cm³/mol. The molecule has 0 aliphatic rings. The molecule has 0 atom stereocenters. The molecule has 0 spiro atoms. The fourth-order valence-electron chi connectivity index (χ4n) is 3.22. The van der Waals surface area contributed by atoms with Gasteiger partial charge in [-0.15, -0.1) is 10.2 Å². The van der Waals surface area contributed by atoms with Crippen LogP contribution in [0.5, 0.6) is 11.6 Å². The molecule has 7 nitrogen and oxygen atoms in total. The van der Waals surface area contributed by atoms with Crippen molar-refractivity contribution in [3.63, 3.8) is 0 Å². The standard InChI is InChI=1S/C24H20N4O3S/c1-16-8-6-7-11-20(16)25-26-21-22(29)27(17-9-4-3-5-10-17)24(32)28(23(21)30)18-12-14-19(31-2)15-13-18/h3-15,30H,1-2H3. The molecule has 0 radical (unpaired) electrons. The van der Waals surface area contributed by atoms with Crippen LogP contribution in [-0.2, 0) is 0 Å². The van der Waals surface area contributed by atoms with Crippen molar-refractivity contribution in [3.05, 3.63) is 99.6 Å². The molecule has 3 aromatic carbocycles. The van der Waals surface area contributed by atoms with E-state index in [0.717, 1.165) is 5.56 Å². The molecule has 160 valence electrons. The van der Waals surface area contributed by atoms with Crippen LogP contribution < -0.4 is 10.3 Å². The summed E-state index contributed by atoms with van der Waals surface area (Å²) in [6.07, 6.45) is 0. The van der Waals surface area contributed by atoms with Crippen LogP contribution in [0, 0.1) is 11.7 Å². The van der Waals surface area contributed by atoms with Crippen LogP contribution in [0.15, 0.2) is 93.9 Å². The topological polar surface area (TPSA) is 81.1 Å². The maximum Gasteiger partial charge on any atom is 0.290 e. The highest BCUT2D eigenvalue weighted by Crippen LogP contribution is 2.30. The fraction of sp³-hybridized carbons (Fsp3) is 0.0833. The smallest absolute Gasteiger partial charge is 0.290 e. The Morgan fingerprint density at radius 1 is 0.844 bits per heavy atom. The number of benzene rings is 3. The SMILES string of the molecule is COc1ccc(-n2c(O)c(N=Nc3ccccc3C)c(=O)n(-c3ccccc3)c2=S)cc1. The van der Waals surface area contributed by atoms with Crippen molar-refractivity contribution in [1.29, 1.82) is 0 Å². The lowest BCUT2D eigenvalue weighted by Crippen LogP contribution is -2.23. The summed E-state index contributed by atoms with van der Waals surface area (Å²) in [6, 6.07) is 23.3. The number of rotatable bonds is 5. The van der Waals surface area contributed by atoms with Crippen molar-refractivity contribution in [2.24, 2.45) is 10.2 Å². The van der Waals surface area contributed by atoms with Crippen LogP contribution in [0.4, 0.5) is 11.4 Å². The van der Waals surface area contributed by atoms with Crippen molar-refractivity contribution in [1.82, 2.24) is 9.13 Å². The number of nitrogens with zero attached hydrogens (tertiary/aromatic N) is 4. The maximum absolute atomic E-state index is 13.4. The van der Waals surface area contributed by atoms with E-state index in [9.17, 15) is 9.90 Å². The molecule has 1 N–H and O–H groups in total. The second-order valence-corrected chi connectivity index (χ2v) is 7.32. The maximum atomic E-state index is 13.4. The van der Waals surface area contributed by atoms with Crippen LogP contribution in [0.3, 0.4) is 0 Å². The van der Waals surface area contributed by atoms with Gasteiger partial charge in [0.1, 0.15) is 5.75 Å². The first-order valence-corrected chi connectivity index (χ1v) is 10.2. The molecule has 1 aromatic heterocycles. The van der Waals surface area contributed by atoms with Gasteiger partial charge in [0.15, 0.2) is 4.77 Å². The summed E-state index contributed by atoms with van der Waals surface area (Å²) in [5, 5.41) is 19.4. The van der Waals surface area contributed by atoms with E-state index in [4.69, 9.17) is 17.0 Å². The number of aryl methyl sites for hydroxylation is 1. The van der Waals surface area contributed by atoms with Crippen LogP contribution in [0.25, 0.3) is 11.4 Å². The molecular formula is C24H20N4O3S. The normalized spacial score (nSPS) is 11.1. The van der Waals surface area contributed by atoms with Gasteiger partial charge in [0.25, 0.3) is 5.56 Å². The average Bonchev–Trinajstić information content (AvgIpc) is 2.81. The van der Waals surface area contributed by atoms with E-state index in [1.54, 1.807) is 61.7 Å². The first-order chi connectivity index (χ1) is 15.5. The summed E-state index contributed by atoms with van der Waals surface area (Å²) in [5.41, 5.74) is 1.79. The fourth-order valence-corrected chi connectivity index (χ4v) is 3.60. The van der Waals surface area contributed by atoms with Gasteiger partial charge < -0.3 is 9.84 Å². The quantitative estimate of drug-likeness (QED) is 0.312. The van der Waals surface area contributed by atoms with Gasteiger partial charge in [-0.1, -0.05) is 36.4 Å². The van der Waals surface area contributed by atoms with Gasteiger partial charge in [0, 0.05) is 0 Å². The number of methoxy groups -OCH3 is 1. The third-order valence-corrected chi connectivity index (χ3v) is 5.30. The third kappa shape index (κ3) is 3.95. The largest absolute Gasteiger partial charge is 0.497 e. The predicted octanol–water partition coefficient (Wildman–Crippen LogP) is 5.80. The Bertz CT molecular complexity index is 1410. The van der Waals surface area contributed by atoms with Crippen molar-refractivity contribution in [2.75, 3.05) is 7.11 Å². The van der Waals surface area contributed by atoms with Gasteiger partial charge in [0.2, 0.25) is 11.6 Å². The molecule has 0 saturated carbocycles. The second-order valence-electron chi connectivity index (χ2n) is 6.95. The summed E-state index contributed by atoms with van der Waals surface area (Å²) in [6.45, 7) is 1.89. The van der Waals surface area contributed by atoms with Crippen molar-refractivity contribution >= 4 is 23.6 Å². The molecular weight excluding hydrogens is 424 g/mol. The van der Waals surface area contributed by atoms with Gasteiger partial charge in [-0.3, -0.25) is 13.9 Å². The summed E-state index contributed by atoms with van der Waals surface area (Å²) < 4.78 is 8.02. The molecule has 0 bridgehead atoms. The lowest BCUT2D eigenvalue weighted by molar-refractivity contribution is 0.414. The molecule has 0 unspecified atom stereocenters. The molecule has 32 heavy (non-hydrogen) atoms. The number of aromatic hydroxyl groups is 1. The highest BCUT2D eigenvalue weighted by Gasteiger charge is 2.19. The molecule has 0 saturated heterocycles. The number of azo groups is 1. The second kappa shape index (κ2) is 8.99. The minimum Gasteiger partial charge on any atom is -0.497 e. The van der Waals surface area contributed by atoms with Crippen molar-refractivity contribution < 1.29 is 9.84 Å². The Kier molecular flexibility index (Phi) is 5.96. The Hall–Kier alpha value is -4.04. The number of hydrogen-bond acceptors (Lipinski definition) is 6. The van der Waals surface area contributed by atoms with E-state index < -0.39 is 11.4 Å². The average molecular weight is 445 g/mol. The highest BCUT2D eigenvalue weighted by molar-refractivity contribution is 7.71. The third-order valence-electron chi connectivity index (χ3n) is 4.93. The monoisotopic (exact) mass is 444 g/mol. The Morgan fingerprint density at radius 2 is 1.47 bits per heavy atom. The van der Waals surface area contributed by atoms with Crippen molar-refractivity contribution in [2.45, 2.75) is 6.92 Å². The zero-order valence-corrected chi connectivity index (χ0v) is 18.3. The lowest BCUT2D eigenvalue weighted by Gasteiger charge is -2.16. The molecule has 4 aromatic rings. The zero-order chi connectivity index (χ0) is 22.7. The van der Waals surface area contributed by atoms with Crippen LogP contribution in [0.2, 0.25) is 0 Å². The summed E-state index contributed by atoms with van der Waals surface area (Å²) in [4.78, 5) is 13.4. The summed E-state index contributed by atoms with van der Waals surface area (Å²) >= 11 is 5.61. The molecule has 0 aliphatic heterocycles. The molecule has 0 aliphatic carbocycles. The molecule has 0 fully saturated rings. The van der Waals surface area contributed by atoms with Gasteiger partial charge in [0.05, 0.1) is 24.2 Å². The lowest BCUT2D eigenvalue weighted by atomic mass is 10.2. The van der Waals surface area contributed by atoms with Crippen LogP contribution >= 0.6 is 12.2 Å². The van der Waals surface area contributed by atoms with Gasteiger partial charge in [-0.05, 0) is 67.2 Å². The minimum absolute atomic E-state index is 0.0960. The molecule has 0 amide bonds. The zero-order valence-electron chi connectivity index (χ0n) is 17.5. The number of para-hydroxylation sites is 1. The summed E-state index contributed by atoms with van der Waals surface area (Å²) in [5.74, 6) is 0.255. The van der Waals surface area contributed by atoms with Crippen molar-refractivity contribution in [3.8, 4) is 23.0 Å². The van der Waals surface area contributed by atoms with E-state index in [0.29, 0.717) is 22.8 Å². The minimum atomic E-state index is -0.569. The first-order valence-electron chi connectivity index (χ1n) is 9.79. The molecule has 8 heteroatoms. The van der Waals surface area contributed by atoms with E-state index in [1.807, 2.05) is 31.2 Å². The Balaban J connectivity index is 2.00. The van der Waals surface area contributed by atoms with Gasteiger partial charge in [-0.25, -0.2) is 0 Å². The van der Waals surface area contributed by atoms with Gasteiger partial charge >= 0.3 is 0 Å². The van der Waals surface area contributed by atoms with E-state index >= 15 is 0 Å². The van der Waals surface area contributed by atoms with Crippen LogP contribution in [0.1, 0.15) is 5.56 Å². The summed E-state index contributed by atoms with van der Waals surface area (Å²) in [7, 11) is 1.57. The van der Waals surface area contributed by atoms with E-state index in [-0.39, 0.29) is 10.5 Å². The van der Waals surface area contributed by atoms with E-state index in [1.165, 1.54) is 9.13 Å². The Morgan fingerprint density at radius 3 is 2.12 bits per heavy atom.